The Kier molecular flexibility index (Phi) is 10.1. The van der Waals surface area contributed by atoms with E-state index in [0.717, 1.165) is 23.6 Å². The molecule has 1 heterocycles. The van der Waals surface area contributed by atoms with Crippen molar-refractivity contribution in [2.24, 2.45) is 4.99 Å². The number of halogens is 2. The van der Waals surface area contributed by atoms with Crippen molar-refractivity contribution in [3.8, 4) is 0 Å². The highest BCUT2D eigenvalue weighted by Crippen LogP contribution is 2.22. The van der Waals surface area contributed by atoms with Gasteiger partial charge >= 0.3 is 0 Å². The first-order valence-electron chi connectivity index (χ1n) is 8.61. The lowest BCUT2D eigenvalue weighted by molar-refractivity contribution is 0.379. The Labute approximate surface area is 182 Å². The molecule has 0 fully saturated rings. The zero-order valence-electron chi connectivity index (χ0n) is 16.2. The summed E-state index contributed by atoms with van der Waals surface area (Å²) in [6, 6.07) is 6.88. The van der Waals surface area contributed by atoms with Crippen LogP contribution in [0.2, 0.25) is 0 Å². The number of aliphatic imine (C=N–C) groups is 1. The molecule has 0 radical (unpaired) electrons. The predicted molar refractivity (Wildman–Crippen MR) is 121 cm³/mol. The highest BCUT2D eigenvalue weighted by Gasteiger charge is 2.19. The van der Waals surface area contributed by atoms with Gasteiger partial charge in [0.1, 0.15) is 11.6 Å². The summed E-state index contributed by atoms with van der Waals surface area (Å²) in [5, 5.41) is 6.41. The third-order valence-electron chi connectivity index (χ3n) is 3.68. The van der Waals surface area contributed by atoms with Gasteiger partial charge in [0, 0.05) is 30.5 Å². The molecule has 0 aliphatic carbocycles. The average molecular weight is 506 g/mol. The second kappa shape index (κ2) is 11.5. The van der Waals surface area contributed by atoms with Crippen molar-refractivity contribution in [2.45, 2.75) is 38.5 Å². The van der Waals surface area contributed by atoms with E-state index in [-0.39, 0.29) is 35.2 Å². The molecule has 1 aromatic heterocycles. The third kappa shape index (κ3) is 8.08. The Morgan fingerprint density at radius 2 is 2.00 bits per heavy atom. The van der Waals surface area contributed by atoms with Gasteiger partial charge in [-0.2, -0.15) is 11.8 Å². The van der Waals surface area contributed by atoms with Gasteiger partial charge in [-0.05, 0) is 11.6 Å². The molecule has 1 aromatic carbocycles. The lowest BCUT2D eigenvalue weighted by Gasteiger charge is -2.13. The van der Waals surface area contributed by atoms with E-state index < -0.39 is 0 Å². The Morgan fingerprint density at radius 3 is 2.63 bits per heavy atom. The number of nitrogens with zero attached hydrogens (tertiary/aromatic N) is 2. The third-order valence-corrected chi connectivity index (χ3v) is 4.69. The fraction of sp³-hybridized carbons (Fsp3) is 0.474. The van der Waals surface area contributed by atoms with Gasteiger partial charge in [0.05, 0.1) is 12.7 Å². The van der Waals surface area contributed by atoms with Crippen LogP contribution in [0.15, 0.2) is 39.9 Å². The molecule has 27 heavy (non-hydrogen) atoms. The first kappa shape index (κ1) is 23.7. The summed E-state index contributed by atoms with van der Waals surface area (Å²) in [7, 11) is 1.72. The molecule has 0 saturated carbocycles. The van der Waals surface area contributed by atoms with Crippen LogP contribution in [-0.2, 0) is 17.7 Å². The molecule has 2 N–H and O–H groups in total. The van der Waals surface area contributed by atoms with Crippen molar-refractivity contribution in [1.29, 1.82) is 0 Å². The number of hydrogen-bond acceptors (Lipinski definition) is 4. The molecule has 2 aromatic rings. The molecule has 2 rings (SSSR count). The minimum absolute atomic E-state index is 0. The van der Waals surface area contributed by atoms with Crippen molar-refractivity contribution in [3.63, 3.8) is 0 Å². The zero-order valence-corrected chi connectivity index (χ0v) is 19.4. The van der Waals surface area contributed by atoms with Gasteiger partial charge < -0.3 is 15.1 Å². The first-order chi connectivity index (χ1) is 12.4. The Balaban J connectivity index is 0.00000364. The summed E-state index contributed by atoms with van der Waals surface area (Å²) in [4.78, 5) is 8.47. The monoisotopic (exact) mass is 506 g/mol. The van der Waals surface area contributed by atoms with Crippen molar-refractivity contribution in [2.75, 3.05) is 19.3 Å². The van der Waals surface area contributed by atoms with Crippen LogP contribution in [0.5, 0.6) is 0 Å². The first-order valence-corrected chi connectivity index (χ1v) is 9.76. The number of oxazole rings is 1. The lowest BCUT2D eigenvalue weighted by Crippen LogP contribution is -2.38. The fourth-order valence-corrected chi connectivity index (χ4v) is 3.00. The molecule has 0 unspecified atom stereocenters. The van der Waals surface area contributed by atoms with E-state index in [1.807, 2.05) is 12.1 Å². The van der Waals surface area contributed by atoms with Gasteiger partial charge in [0.25, 0.3) is 0 Å². The van der Waals surface area contributed by atoms with E-state index in [1.54, 1.807) is 31.1 Å². The Morgan fingerprint density at radius 1 is 1.26 bits per heavy atom. The number of benzene rings is 1. The molecule has 0 atom stereocenters. The van der Waals surface area contributed by atoms with E-state index >= 15 is 0 Å². The standard InChI is InChI=1S/C19H27FN4OS.HI/c1-19(2,3)16-11-23-17(25-16)12-24-18(21-4)22-9-10-26-13-14-7-5-6-8-15(14)20;/h5-8,11H,9-10,12-13H2,1-4H3,(H2,21,22,24);1H. The molecule has 0 aliphatic heterocycles. The normalized spacial score (nSPS) is 11.8. The number of rotatable bonds is 7. The molecule has 0 amide bonds. The van der Waals surface area contributed by atoms with E-state index in [1.165, 1.54) is 6.07 Å². The van der Waals surface area contributed by atoms with Crippen LogP contribution in [0.1, 0.15) is 38.0 Å². The minimum atomic E-state index is -0.147. The second-order valence-corrected chi connectivity index (χ2v) is 7.97. The van der Waals surface area contributed by atoms with E-state index in [9.17, 15) is 4.39 Å². The lowest BCUT2D eigenvalue weighted by atomic mass is 9.94. The maximum atomic E-state index is 13.5. The van der Waals surface area contributed by atoms with Crippen molar-refractivity contribution >= 4 is 41.7 Å². The number of hydrogen-bond donors (Lipinski definition) is 2. The molecular weight excluding hydrogens is 478 g/mol. The quantitative estimate of drug-likeness (QED) is 0.254. The average Bonchev–Trinajstić information content (AvgIpc) is 3.08. The molecular formula is C19H28FIN4OS. The molecule has 5 nitrogen and oxygen atoms in total. The maximum Gasteiger partial charge on any atom is 0.213 e. The van der Waals surface area contributed by atoms with Crippen LogP contribution in [0, 0.1) is 5.82 Å². The van der Waals surface area contributed by atoms with Crippen LogP contribution in [0.3, 0.4) is 0 Å². The predicted octanol–water partition coefficient (Wildman–Crippen LogP) is 4.33. The highest BCUT2D eigenvalue weighted by atomic mass is 127. The van der Waals surface area contributed by atoms with Gasteiger partial charge in [-0.15, -0.1) is 24.0 Å². The molecule has 0 aliphatic rings. The summed E-state index contributed by atoms with van der Waals surface area (Å²) in [5.41, 5.74) is 0.680. The second-order valence-electron chi connectivity index (χ2n) is 6.86. The molecule has 0 spiro atoms. The van der Waals surface area contributed by atoms with E-state index in [2.05, 4.69) is 41.4 Å². The smallest absolute Gasteiger partial charge is 0.213 e. The van der Waals surface area contributed by atoms with Crippen LogP contribution >= 0.6 is 35.7 Å². The molecule has 0 saturated heterocycles. The largest absolute Gasteiger partial charge is 0.443 e. The summed E-state index contributed by atoms with van der Waals surface area (Å²) in [5.74, 6) is 3.54. The Bertz CT molecular complexity index is 730. The summed E-state index contributed by atoms with van der Waals surface area (Å²) >= 11 is 1.68. The van der Waals surface area contributed by atoms with Crippen LogP contribution in [0.25, 0.3) is 0 Å². The number of thioether (sulfide) groups is 1. The molecule has 8 heteroatoms. The van der Waals surface area contributed by atoms with Gasteiger partial charge in [-0.25, -0.2) is 9.37 Å². The van der Waals surface area contributed by atoms with Gasteiger partial charge in [0.2, 0.25) is 5.89 Å². The van der Waals surface area contributed by atoms with Crippen LogP contribution < -0.4 is 10.6 Å². The molecule has 150 valence electrons. The van der Waals surface area contributed by atoms with Crippen molar-refractivity contribution in [1.82, 2.24) is 15.6 Å². The summed E-state index contributed by atoms with van der Waals surface area (Å²) in [6.07, 6.45) is 1.77. The van der Waals surface area contributed by atoms with Crippen LogP contribution in [-0.4, -0.2) is 30.3 Å². The number of guanidine groups is 1. The number of nitrogens with one attached hydrogen (secondary N) is 2. The van der Waals surface area contributed by atoms with Crippen LogP contribution in [0.4, 0.5) is 4.39 Å². The zero-order chi connectivity index (χ0) is 19.0. The summed E-state index contributed by atoms with van der Waals surface area (Å²) in [6.45, 7) is 7.47. The summed E-state index contributed by atoms with van der Waals surface area (Å²) < 4.78 is 19.3. The van der Waals surface area contributed by atoms with Crippen molar-refractivity contribution < 1.29 is 8.81 Å². The van der Waals surface area contributed by atoms with Gasteiger partial charge in [0.15, 0.2) is 5.96 Å². The number of aromatic nitrogens is 1. The van der Waals surface area contributed by atoms with Gasteiger partial charge in [-0.1, -0.05) is 39.0 Å². The molecule has 0 bridgehead atoms. The fourth-order valence-electron chi connectivity index (χ4n) is 2.16. The highest BCUT2D eigenvalue weighted by molar-refractivity contribution is 14.0. The van der Waals surface area contributed by atoms with Crippen molar-refractivity contribution in [3.05, 3.63) is 53.5 Å². The van der Waals surface area contributed by atoms with E-state index in [0.29, 0.717) is 24.1 Å². The Hall–Kier alpha value is -1.29. The minimum Gasteiger partial charge on any atom is -0.443 e. The maximum absolute atomic E-state index is 13.5. The van der Waals surface area contributed by atoms with E-state index in [4.69, 9.17) is 4.42 Å². The SMILES string of the molecule is CN=C(NCCSCc1ccccc1F)NCc1ncc(C(C)(C)C)o1.I. The topological polar surface area (TPSA) is 62.5 Å². The van der Waals surface area contributed by atoms with Gasteiger partial charge in [-0.3, -0.25) is 4.99 Å².